The minimum atomic E-state index is -0.147. The molecule has 1 aromatic heterocycles. The summed E-state index contributed by atoms with van der Waals surface area (Å²) >= 11 is 0. The number of anilines is 1. The molecule has 0 radical (unpaired) electrons. The molecule has 0 saturated carbocycles. The maximum atomic E-state index is 12.5. The number of nitrogens with one attached hydrogen (secondary N) is 1. The summed E-state index contributed by atoms with van der Waals surface area (Å²) in [6.45, 7) is 4.66. The first-order valence-electron chi connectivity index (χ1n) is 9.67. The number of amides is 1. The molecule has 4 aromatic rings. The van der Waals surface area contributed by atoms with Crippen molar-refractivity contribution in [1.82, 2.24) is 15.0 Å². The summed E-state index contributed by atoms with van der Waals surface area (Å²) in [6.07, 6.45) is 0.947. The lowest BCUT2D eigenvalue weighted by atomic mass is 10.1. The first-order chi connectivity index (χ1) is 14.2. The van der Waals surface area contributed by atoms with Crippen molar-refractivity contribution >= 4 is 22.6 Å². The molecule has 0 saturated heterocycles. The Kier molecular flexibility index (Phi) is 5.24. The van der Waals surface area contributed by atoms with E-state index in [4.69, 9.17) is 4.74 Å². The van der Waals surface area contributed by atoms with Crippen molar-refractivity contribution < 1.29 is 9.53 Å². The van der Waals surface area contributed by atoms with Crippen molar-refractivity contribution in [1.29, 1.82) is 0 Å². The Morgan fingerprint density at radius 3 is 2.34 bits per heavy atom. The van der Waals surface area contributed by atoms with Gasteiger partial charge in [-0.25, -0.2) is 0 Å². The van der Waals surface area contributed by atoms with Gasteiger partial charge in [-0.3, -0.25) is 4.79 Å². The predicted octanol–water partition coefficient (Wildman–Crippen LogP) is 4.63. The summed E-state index contributed by atoms with van der Waals surface area (Å²) < 4.78 is 5.47. The Hall–Kier alpha value is -3.67. The lowest BCUT2D eigenvalue weighted by molar-refractivity contribution is 0.102. The lowest BCUT2D eigenvalue weighted by Gasteiger charge is -2.05. The summed E-state index contributed by atoms with van der Waals surface area (Å²) in [7, 11) is 0. The van der Waals surface area contributed by atoms with E-state index in [0.29, 0.717) is 23.4 Å². The molecule has 0 bridgehead atoms. The van der Waals surface area contributed by atoms with Crippen LogP contribution in [0.5, 0.6) is 5.75 Å². The first-order valence-corrected chi connectivity index (χ1v) is 9.67. The quantitative estimate of drug-likeness (QED) is 0.524. The van der Waals surface area contributed by atoms with Crippen LogP contribution >= 0.6 is 0 Å². The molecule has 3 aromatic carbocycles. The molecule has 0 fully saturated rings. The average molecular weight is 386 g/mol. The van der Waals surface area contributed by atoms with Crippen LogP contribution in [0.15, 0.2) is 66.7 Å². The zero-order chi connectivity index (χ0) is 20.2. The smallest absolute Gasteiger partial charge is 0.255 e. The van der Waals surface area contributed by atoms with Crippen molar-refractivity contribution in [2.24, 2.45) is 0 Å². The highest BCUT2D eigenvalue weighted by atomic mass is 16.5. The van der Waals surface area contributed by atoms with Crippen molar-refractivity contribution in [2.45, 2.75) is 20.3 Å². The van der Waals surface area contributed by atoms with E-state index in [0.717, 1.165) is 23.4 Å². The van der Waals surface area contributed by atoms with E-state index < -0.39 is 0 Å². The van der Waals surface area contributed by atoms with E-state index in [-0.39, 0.29) is 5.91 Å². The number of hydrogen-bond donors (Lipinski definition) is 1. The van der Waals surface area contributed by atoms with Gasteiger partial charge in [0.2, 0.25) is 0 Å². The standard InChI is InChI=1S/C23H22N4O2/c1-3-16-5-7-17(8-6-16)23(28)24-18-9-14-21-22(15-18)26-27(25-21)19-10-12-20(13-11-19)29-4-2/h5-15H,3-4H2,1-2H3,(H,24,28). The SMILES string of the molecule is CCOc1ccc(-n2nc3ccc(NC(=O)c4ccc(CC)cc4)cc3n2)cc1. The molecule has 0 unspecified atom stereocenters. The van der Waals surface area contributed by atoms with Crippen LogP contribution in [-0.4, -0.2) is 27.5 Å². The highest BCUT2D eigenvalue weighted by Crippen LogP contribution is 2.20. The number of benzene rings is 3. The summed E-state index contributed by atoms with van der Waals surface area (Å²) in [6, 6.07) is 20.7. The topological polar surface area (TPSA) is 69.0 Å². The Labute approximate surface area is 169 Å². The highest BCUT2D eigenvalue weighted by Gasteiger charge is 2.09. The normalized spacial score (nSPS) is 10.8. The number of aryl methyl sites for hydroxylation is 1. The molecule has 4 rings (SSSR count). The van der Waals surface area contributed by atoms with Gasteiger partial charge in [-0.05, 0) is 73.5 Å². The van der Waals surface area contributed by atoms with Crippen LogP contribution < -0.4 is 10.1 Å². The maximum Gasteiger partial charge on any atom is 0.255 e. The number of rotatable bonds is 6. The van der Waals surface area contributed by atoms with Gasteiger partial charge >= 0.3 is 0 Å². The highest BCUT2D eigenvalue weighted by molar-refractivity contribution is 6.04. The second kappa shape index (κ2) is 8.14. The molecule has 6 heteroatoms. The van der Waals surface area contributed by atoms with Crippen molar-refractivity contribution in [3.8, 4) is 11.4 Å². The van der Waals surface area contributed by atoms with Gasteiger partial charge in [-0.15, -0.1) is 10.2 Å². The second-order valence-corrected chi connectivity index (χ2v) is 6.62. The van der Waals surface area contributed by atoms with Crippen LogP contribution in [0.2, 0.25) is 0 Å². The first kappa shape index (κ1) is 18.7. The van der Waals surface area contributed by atoms with Crippen LogP contribution in [-0.2, 0) is 6.42 Å². The number of hydrogen-bond acceptors (Lipinski definition) is 4. The van der Waals surface area contributed by atoms with E-state index in [1.807, 2.05) is 73.7 Å². The third-order valence-corrected chi connectivity index (χ3v) is 4.64. The van der Waals surface area contributed by atoms with Crippen LogP contribution in [0.25, 0.3) is 16.7 Å². The summed E-state index contributed by atoms with van der Waals surface area (Å²) in [5, 5.41) is 12.0. The number of ether oxygens (including phenoxy) is 1. The minimum Gasteiger partial charge on any atom is -0.494 e. The Bertz CT molecular complexity index is 1130. The number of aromatic nitrogens is 3. The molecule has 6 nitrogen and oxygen atoms in total. The van der Waals surface area contributed by atoms with Gasteiger partial charge in [0, 0.05) is 11.3 Å². The van der Waals surface area contributed by atoms with E-state index in [9.17, 15) is 4.79 Å². The van der Waals surface area contributed by atoms with Gasteiger partial charge in [-0.1, -0.05) is 19.1 Å². The second-order valence-electron chi connectivity index (χ2n) is 6.62. The number of fused-ring (bicyclic) bond motifs is 1. The minimum absolute atomic E-state index is 0.147. The molecular weight excluding hydrogens is 364 g/mol. The maximum absolute atomic E-state index is 12.5. The van der Waals surface area contributed by atoms with Gasteiger partial charge in [0.25, 0.3) is 5.91 Å². The average Bonchev–Trinajstić information content (AvgIpc) is 3.18. The molecule has 1 heterocycles. The van der Waals surface area contributed by atoms with Gasteiger partial charge in [0.05, 0.1) is 12.3 Å². The number of nitrogens with zero attached hydrogens (tertiary/aromatic N) is 3. The van der Waals surface area contributed by atoms with Gasteiger partial charge in [0.1, 0.15) is 16.8 Å². The monoisotopic (exact) mass is 386 g/mol. The Morgan fingerprint density at radius 2 is 1.66 bits per heavy atom. The van der Waals surface area contributed by atoms with Crippen LogP contribution in [0, 0.1) is 0 Å². The molecule has 0 atom stereocenters. The molecule has 0 aliphatic carbocycles. The summed E-state index contributed by atoms with van der Waals surface area (Å²) in [5.41, 5.74) is 4.81. The fourth-order valence-corrected chi connectivity index (χ4v) is 3.05. The van der Waals surface area contributed by atoms with E-state index in [1.165, 1.54) is 5.56 Å². The van der Waals surface area contributed by atoms with Crippen LogP contribution in [0.4, 0.5) is 5.69 Å². The summed E-state index contributed by atoms with van der Waals surface area (Å²) in [4.78, 5) is 14.1. The van der Waals surface area contributed by atoms with Crippen molar-refractivity contribution in [3.05, 3.63) is 77.9 Å². The van der Waals surface area contributed by atoms with Crippen LogP contribution in [0.1, 0.15) is 29.8 Å². The molecule has 0 aliphatic rings. The zero-order valence-corrected chi connectivity index (χ0v) is 16.4. The molecule has 146 valence electrons. The third kappa shape index (κ3) is 4.11. The molecule has 1 amide bonds. The summed E-state index contributed by atoms with van der Waals surface area (Å²) in [5.74, 6) is 0.663. The Balaban J connectivity index is 1.53. The fourth-order valence-electron chi connectivity index (χ4n) is 3.05. The largest absolute Gasteiger partial charge is 0.494 e. The molecule has 0 aliphatic heterocycles. The fraction of sp³-hybridized carbons (Fsp3) is 0.174. The van der Waals surface area contributed by atoms with Gasteiger partial charge < -0.3 is 10.1 Å². The Morgan fingerprint density at radius 1 is 0.931 bits per heavy atom. The van der Waals surface area contributed by atoms with E-state index >= 15 is 0 Å². The van der Waals surface area contributed by atoms with E-state index in [1.54, 1.807) is 4.80 Å². The van der Waals surface area contributed by atoms with Gasteiger partial charge in [-0.2, -0.15) is 4.80 Å². The third-order valence-electron chi connectivity index (χ3n) is 4.64. The number of carbonyl (C=O) groups excluding carboxylic acids is 1. The molecule has 1 N–H and O–H groups in total. The molecule has 0 spiro atoms. The molecular formula is C23H22N4O2. The van der Waals surface area contributed by atoms with E-state index in [2.05, 4.69) is 22.4 Å². The molecule has 29 heavy (non-hydrogen) atoms. The lowest BCUT2D eigenvalue weighted by Crippen LogP contribution is -2.11. The number of carbonyl (C=O) groups is 1. The van der Waals surface area contributed by atoms with Gasteiger partial charge in [0.15, 0.2) is 0 Å². The zero-order valence-electron chi connectivity index (χ0n) is 16.4. The van der Waals surface area contributed by atoms with Crippen molar-refractivity contribution in [3.63, 3.8) is 0 Å². The van der Waals surface area contributed by atoms with Crippen LogP contribution in [0.3, 0.4) is 0 Å². The predicted molar refractivity (Wildman–Crippen MR) is 114 cm³/mol. The van der Waals surface area contributed by atoms with Crippen molar-refractivity contribution in [2.75, 3.05) is 11.9 Å².